The topological polar surface area (TPSA) is 66.5 Å². The molecule has 0 saturated heterocycles. The summed E-state index contributed by atoms with van der Waals surface area (Å²) in [6, 6.07) is 8.26. The Morgan fingerprint density at radius 2 is 2.15 bits per heavy atom. The molecule has 0 saturated carbocycles. The second kappa shape index (κ2) is 4.43. The van der Waals surface area contributed by atoms with Crippen LogP contribution in [-0.2, 0) is 0 Å². The molecular formula is C13H8ClN5S. The first-order valence-electron chi connectivity index (χ1n) is 5.90. The SMILES string of the molecule is Clc1nc(Nc2ccc3sccc3c2)c2cn[nH]c2n1. The summed E-state index contributed by atoms with van der Waals surface area (Å²) in [7, 11) is 0. The summed E-state index contributed by atoms with van der Waals surface area (Å²) < 4.78 is 1.25. The third kappa shape index (κ3) is 1.90. The van der Waals surface area contributed by atoms with Crippen LogP contribution in [0.2, 0.25) is 5.28 Å². The van der Waals surface area contributed by atoms with Crippen molar-refractivity contribution in [2.45, 2.75) is 0 Å². The van der Waals surface area contributed by atoms with E-state index in [1.165, 1.54) is 10.1 Å². The van der Waals surface area contributed by atoms with E-state index in [4.69, 9.17) is 11.6 Å². The maximum Gasteiger partial charge on any atom is 0.226 e. The molecule has 20 heavy (non-hydrogen) atoms. The second-order valence-corrected chi connectivity index (χ2v) is 5.56. The van der Waals surface area contributed by atoms with Gasteiger partial charge in [-0.1, -0.05) is 0 Å². The van der Waals surface area contributed by atoms with Crippen LogP contribution in [0.25, 0.3) is 21.1 Å². The van der Waals surface area contributed by atoms with Crippen molar-refractivity contribution < 1.29 is 0 Å². The fourth-order valence-electron chi connectivity index (χ4n) is 2.08. The number of aromatic nitrogens is 4. The fourth-order valence-corrected chi connectivity index (χ4v) is 3.02. The standard InChI is InChI=1S/C13H8ClN5S/c14-13-17-11(9-6-15-19-12(9)18-13)16-8-1-2-10-7(5-8)3-4-20-10/h1-6H,(H2,15,16,17,18,19). The number of aromatic amines is 1. The van der Waals surface area contributed by atoms with E-state index in [2.05, 4.69) is 49.1 Å². The maximum absolute atomic E-state index is 5.92. The zero-order valence-electron chi connectivity index (χ0n) is 10.1. The van der Waals surface area contributed by atoms with Crippen molar-refractivity contribution in [3.8, 4) is 0 Å². The molecule has 0 atom stereocenters. The number of hydrogen-bond donors (Lipinski definition) is 2. The number of fused-ring (bicyclic) bond motifs is 2. The average Bonchev–Trinajstić information content (AvgIpc) is 3.05. The molecular weight excluding hydrogens is 294 g/mol. The molecule has 0 aliphatic heterocycles. The van der Waals surface area contributed by atoms with Gasteiger partial charge in [0.05, 0.1) is 11.6 Å². The molecule has 0 bridgehead atoms. The lowest BCUT2D eigenvalue weighted by Crippen LogP contribution is -1.96. The number of nitrogens with one attached hydrogen (secondary N) is 2. The van der Waals surface area contributed by atoms with Crippen LogP contribution in [0.1, 0.15) is 0 Å². The molecule has 3 aromatic heterocycles. The van der Waals surface area contributed by atoms with Crippen molar-refractivity contribution in [1.82, 2.24) is 20.2 Å². The normalized spacial score (nSPS) is 11.2. The van der Waals surface area contributed by atoms with E-state index in [1.807, 2.05) is 6.07 Å². The first-order valence-corrected chi connectivity index (χ1v) is 7.16. The Morgan fingerprint density at radius 1 is 1.20 bits per heavy atom. The Bertz CT molecular complexity index is 913. The van der Waals surface area contributed by atoms with Crippen LogP contribution >= 0.6 is 22.9 Å². The molecule has 98 valence electrons. The summed E-state index contributed by atoms with van der Waals surface area (Å²) in [6.07, 6.45) is 1.68. The van der Waals surface area contributed by atoms with Gasteiger partial charge in [-0.2, -0.15) is 15.1 Å². The van der Waals surface area contributed by atoms with Gasteiger partial charge in [0.2, 0.25) is 5.28 Å². The van der Waals surface area contributed by atoms with Gasteiger partial charge in [-0.15, -0.1) is 11.3 Å². The Hall–Kier alpha value is -2.18. The number of H-pyrrole nitrogens is 1. The minimum absolute atomic E-state index is 0.181. The lowest BCUT2D eigenvalue weighted by molar-refractivity contribution is 1.09. The summed E-state index contributed by atoms with van der Waals surface area (Å²) in [5.41, 5.74) is 1.57. The van der Waals surface area contributed by atoms with Gasteiger partial charge in [0.15, 0.2) is 5.65 Å². The Kier molecular flexibility index (Phi) is 2.58. The molecule has 4 aromatic rings. The highest BCUT2D eigenvalue weighted by Gasteiger charge is 2.09. The average molecular weight is 302 g/mol. The lowest BCUT2D eigenvalue weighted by atomic mass is 10.2. The van der Waals surface area contributed by atoms with Crippen molar-refractivity contribution in [3.63, 3.8) is 0 Å². The molecule has 0 amide bonds. The Balaban J connectivity index is 1.81. The number of anilines is 2. The van der Waals surface area contributed by atoms with Crippen molar-refractivity contribution in [2.24, 2.45) is 0 Å². The largest absolute Gasteiger partial charge is 0.339 e. The molecule has 4 rings (SSSR count). The number of benzene rings is 1. The van der Waals surface area contributed by atoms with Crippen LogP contribution in [0.4, 0.5) is 11.5 Å². The summed E-state index contributed by atoms with van der Waals surface area (Å²) in [5.74, 6) is 0.642. The number of hydrogen-bond acceptors (Lipinski definition) is 5. The zero-order chi connectivity index (χ0) is 13.5. The van der Waals surface area contributed by atoms with E-state index < -0.39 is 0 Å². The smallest absolute Gasteiger partial charge is 0.226 e. The van der Waals surface area contributed by atoms with E-state index in [-0.39, 0.29) is 5.28 Å². The van der Waals surface area contributed by atoms with Crippen LogP contribution in [0.3, 0.4) is 0 Å². The van der Waals surface area contributed by atoms with Crippen LogP contribution in [0.5, 0.6) is 0 Å². The van der Waals surface area contributed by atoms with Gasteiger partial charge >= 0.3 is 0 Å². The molecule has 0 aliphatic rings. The lowest BCUT2D eigenvalue weighted by Gasteiger charge is -2.06. The van der Waals surface area contributed by atoms with E-state index in [0.29, 0.717) is 11.5 Å². The molecule has 0 spiro atoms. The first-order chi connectivity index (χ1) is 9.79. The zero-order valence-corrected chi connectivity index (χ0v) is 11.7. The number of halogens is 1. The molecule has 0 radical (unpaired) electrons. The first kappa shape index (κ1) is 11.6. The minimum atomic E-state index is 0.181. The Morgan fingerprint density at radius 3 is 3.10 bits per heavy atom. The van der Waals surface area contributed by atoms with Gasteiger partial charge in [0.25, 0.3) is 0 Å². The minimum Gasteiger partial charge on any atom is -0.339 e. The number of thiophene rings is 1. The van der Waals surface area contributed by atoms with Crippen LogP contribution < -0.4 is 5.32 Å². The summed E-state index contributed by atoms with van der Waals surface area (Å²) in [5, 5.41) is 14.3. The van der Waals surface area contributed by atoms with Crippen LogP contribution in [0, 0.1) is 0 Å². The van der Waals surface area contributed by atoms with Crippen molar-refractivity contribution in [1.29, 1.82) is 0 Å². The predicted molar refractivity (Wildman–Crippen MR) is 81.8 cm³/mol. The molecule has 0 unspecified atom stereocenters. The highest BCUT2D eigenvalue weighted by molar-refractivity contribution is 7.17. The van der Waals surface area contributed by atoms with E-state index in [1.54, 1.807) is 17.5 Å². The maximum atomic E-state index is 5.92. The van der Waals surface area contributed by atoms with E-state index >= 15 is 0 Å². The molecule has 0 aliphatic carbocycles. The second-order valence-electron chi connectivity index (χ2n) is 4.27. The molecule has 0 fully saturated rings. The third-order valence-electron chi connectivity index (χ3n) is 3.00. The predicted octanol–water partition coefficient (Wildman–Crippen LogP) is 3.96. The van der Waals surface area contributed by atoms with Gasteiger partial charge in [-0.25, -0.2) is 0 Å². The van der Waals surface area contributed by atoms with Crippen LogP contribution in [-0.4, -0.2) is 20.2 Å². The quantitative estimate of drug-likeness (QED) is 0.550. The van der Waals surface area contributed by atoms with Crippen molar-refractivity contribution in [3.05, 3.63) is 41.1 Å². The van der Waals surface area contributed by atoms with Crippen LogP contribution in [0.15, 0.2) is 35.8 Å². The molecule has 1 aromatic carbocycles. The third-order valence-corrected chi connectivity index (χ3v) is 4.06. The highest BCUT2D eigenvalue weighted by Crippen LogP contribution is 2.28. The van der Waals surface area contributed by atoms with Gasteiger partial charge < -0.3 is 5.32 Å². The summed E-state index contributed by atoms with van der Waals surface area (Å²) in [6.45, 7) is 0. The summed E-state index contributed by atoms with van der Waals surface area (Å²) in [4.78, 5) is 8.30. The molecule has 2 N–H and O–H groups in total. The van der Waals surface area contributed by atoms with Crippen molar-refractivity contribution in [2.75, 3.05) is 5.32 Å². The van der Waals surface area contributed by atoms with Gasteiger partial charge in [0, 0.05) is 10.4 Å². The van der Waals surface area contributed by atoms with E-state index in [0.717, 1.165) is 11.1 Å². The molecule has 5 nitrogen and oxygen atoms in total. The number of rotatable bonds is 2. The van der Waals surface area contributed by atoms with Gasteiger partial charge in [-0.05, 0) is 46.6 Å². The Labute approximate surface area is 122 Å². The summed E-state index contributed by atoms with van der Waals surface area (Å²) >= 11 is 7.64. The fraction of sp³-hybridized carbons (Fsp3) is 0. The van der Waals surface area contributed by atoms with E-state index in [9.17, 15) is 0 Å². The van der Waals surface area contributed by atoms with Gasteiger partial charge in [0.1, 0.15) is 5.82 Å². The monoisotopic (exact) mass is 301 g/mol. The highest BCUT2D eigenvalue weighted by atomic mass is 35.5. The van der Waals surface area contributed by atoms with Crippen molar-refractivity contribution >= 4 is 55.6 Å². The van der Waals surface area contributed by atoms with Gasteiger partial charge in [-0.3, -0.25) is 5.10 Å². The molecule has 7 heteroatoms. The number of nitrogens with zero attached hydrogens (tertiary/aromatic N) is 3. The molecule has 3 heterocycles.